The normalized spacial score (nSPS) is 15.3. The zero-order chi connectivity index (χ0) is 9.64. The second-order valence-corrected chi connectivity index (χ2v) is 2.65. The smallest absolute Gasteiger partial charge is 0.174 e. The molecule has 0 saturated heterocycles. The highest BCUT2D eigenvalue weighted by atomic mass is 16.5. The van der Waals surface area contributed by atoms with Crippen LogP contribution in [-0.2, 0) is 4.74 Å². The number of pyridine rings is 1. The average Bonchev–Trinajstić information content (AvgIpc) is 2.29. The Morgan fingerprint density at radius 2 is 2.29 bits per heavy atom. The molecule has 70 valence electrons. The summed E-state index contributed by atoms with van der Waals surface area (Å²) in [6, 6.07) is 5.51. The van der Waals surface area contributed by atoms with Gasteiger partial charge in [-0.2, -0.15) is 0 Å². The summed E-state index contributed by atoms with van der Waals surface area (Å²) in [5.74, 6) is 0.605. The molecule has 14 heavy (non-hydrogen) atoms. The van der Waals surface area contributed by atoms with Crippen LogP contribution in [-0.4, -0.2) is 11.6 Å². The second kappa shape index (κ2) is 4.32. The molecule has 0 bridgehead atoms. The topological polar surface area (TPSA) is 46.8 Å². The van der Waals surface area contributed by atoms with Gasteiger partial charge in [0.15, 0.2) is 5.82 Å². The summed E-state index contributed by atoms with van der Waals surface area (Å²) in [4.78, 5) is 4.02. The fourth-order valence-electron chi connectivity index (χ4n) is 0.971. The standard InChI is InChI=1S/C10H9N3O/c1-2-6-11-10(3-1)13-12-9-4-7-14-8-5-9/h1-7H,8H2. The maximum Gasteiger partial charge on any atom is 0.174 e. The predicted molar refractivity (Wildman–Crippen MR) is 51.9 cm³/mol. The number of azo groups is 1. The molecule has 2 heterocycles. The van der Waals surface area contributed by atoms with Crippen molar-refractivity contribution >= 4 is 5.82 Å². The number of hydrogen-bond donors (Lipinski definition) is 0. The summed E-state index contributed by atoms with van der Waals surface area (Å²) >= 11 is 0. The molecule has 1 aromatic heterocycles. The van der Waals surface area contributed by atoms with Crippen LogP contribution in [0.5, 0.6) is 0 Å². The first-order valence-electron chi connectivity index (χ1n) is 4.26. The van der Waals surface area contributed by atoms with Gasteiger partial charge in [0.25, 0.3) is 0 Å². The van der Waals surface area contributed by atoms with Crippen LogP contribution in [0.15, 0.2) is 58.7 Å². The molecule has 1 aliphatic rings. The lowest BCUT2D eigenvalue weighted by Gasteiger charge is -2.01. The van der Waals surface area contributed by atoms with Gasteiger partial charge in [-0.3, -0.25) is 0 Å². The SMILES string of the molecule is C1=CC(N=Nc2ccccn2)=CCO1. The third-order valence-electron chi connectivity index (χ3n) is 1.64. The van der Waals surface area contributed by atoms with Crippen molar-refractivity contribution in [2.45, 2.75) is 0 Å². The van der Waals surface area contributed by atoms with Crippen LogP contribution >= 0.6 is 0 Å². The fourth-order valence-corrected chi connectivity index (χ4v) is 0.971. The van der Waals surface area contributed by atoms with Gasteiger partial charge in [0.2, 0.25) is 0 Å². The van der Waals surface area contributed by atoms with E-state index in [9.17, 15) is 0 Å². The zero-order valence-corrected chi connectivity index (χ0v) is 7.50. The van der Waals surface area contributed by atoms with Crippen molar-refractivity contribution in [3.63, 3.8) is 0 Å². The molecule has 1 aromatic rings. The first-order valence-corrected chi connectivity index (χ1v) is 4.26. The molecular weight excluding hydrogens is 178 g/mol. The average molecular weight is 187 g/mol. The van der Waals surface area contributed by atoms with Crippen molar-refractivity contribution < 1.29 is 4.74 Å². The first-order chi connectivity index (χ1) is 6.95. The molecule has 4 nitrogen and oxygen atoms in total. The molecule has 0 spiro atoms. The number of aromatic nitrogens is 1. The lowest BCUT2D eigenvalue weighted by atomic mass is 10.4. The molecule has 0 amide bonds. The van der Waals surface area contributed by atoms with Gasteiger partial charge in [-0.15, -0.1) is 10.2 Å². The molecule has 0 atom stereocenters. The largest absolute Gasteiger partial charge is 0.497 e. The van der Waals surface area contributed by atoms with E-state index < -0.39 is 0 Å². The number of nitrogens with zero attached hydrogens (tertiary/aromatic N) is 3. The lowest BCUT2D eigenvalue weighted by molar-refractivity contribution is 0.284. The molecule has 1 aliphatic heterocycles. The van der Waals surface area contributed by atoms with Crippen LogP contribution in [0, 0.1) is 0 Å². The molecular formula is C10H9N3O. The number of hydrogen-bond acceptors (Lipinski definition) is 4. The van der Waals surface area contributed by atoms with Gasteiger partial charge < -0.3 is 4.74 Å². The van der Waals surface area contributed by atoms with Crippen molar-refractivity contribution in [3.8, 4) is 0 Å². The Morgan fingerprint density at radius 1 is 1.29 bits per heavy atom. The van der Waals surface area contributed by atoms with Gasteiger partial charge in [-0.05, 0) is 24.3 Å². The molecule has 0 N–H and O–H groups in total. The summed E-state index contributed by atoms with van der Waals surface area (Å²) in [5, 5.41) is 7.98. The van der Waals surface area contributed by atoms with Crippen molar-refractivity contribution in [2.75, 3.05) is 6.61 Å². The second-order valence-electron chi connectivity index (χ2n) is 2.65. The number of rotatable bonds is 2. The number of allylic oxidation sites excluding steroid dienone is 1. The van der Waals surface area contributed by atoms with Crippen molar-refractivity contribution in [3.05, 3.63) is 48.5 Å². The fraction of sp³-hybridized carbons (Fsp3) is 0.100. The van der Waals surface area contributed by atoms with E-state index >= 15 is 0 Å². The van der Waals surface area contributed by atoms with E-state index in [0.717, 1.165) is 5.70 Å². The Kier molecular flexibility index (Phi) is 2.66. The molecule has 0 aromatic carbocycles. The zero-order valence-electron chi connectivity index (χ0n) is 7.50. The third kappa shape index (κ3) is 2.26. The van der Waals surface area contributed by atoms with E-state index in [1.807, 2.05) is 18.2 Å². The van der Waals surface area contributed by atoms with Crippen LogP contribution in [0.3, 0.4) is 0 Å². The number of ether oxygens (including phenoxy) is 1. The Bertz CT molecular complexity index is 382. The lowest BCUT2D eigenvalue weighted by Crippen LogP contribution is -1.89. The van der Waals surface area contributed by atoms with Crippen molar-refractivity contribution in [2.24, 2.45) is 10.2 Å². The highest BCUT2D eigenvalue weighted by molar-refractivity contribution is 5.25. The first kappa shape index (κ1) is 8.62. The minimum atomic E-state index is 0.549. The molecule has 0 saturated carbocycles. The van der Waals surface area contributed by atoms with Crippen LogP contribution in [0.2, 0.25) is 0 Å². The Morgan fingerprint density at radius 3 is 3.00 bits per heavy atom. The maximum atomic E-state index is 4.98. The van der Waals surface area contributed by atoms with Gasteiger partial charge in [0.1, 0.15) is 6.61 Å². The Hall–Kier alpha value is -1.97. The van der Waals surface area contributed by atoms with Crippen LogP contribution in [0.1, 0.15) is 0 Å². The summed E-state index contributed by atoms with van der Waals surface area (Å²) in [5.41, 5.74) is 0.793. The molecule has 0 radical (unpaired) electrons. The van der Waals surface area contributed by atoms with E-state index in [1.165, 1.54) is 0 Å². The molecule has 2 rings (SSSR count). The van der Waals surface area contributed by atoms with Gasteiger partial charge in [0.05, 0.1) is 12.0 Å². The monoisotopic (exact) mass is 187 g/mol. The molecule has 0 fully saturated rings. The summed E-state index contributed by atoms with van der Waals surface area (Å²) < 4.78 is 4.98. The third-order valence-corrected chi connectivity index (χ3v) is 1.64. The Balaban J connectivity index is 2.07. The van der Waals surface area contributed by atoms with E-state index in [-0.39, 0.29) is 0 Å². The van der Waals surface area contributed by atoms with E-state index in [4.69, 9.17) is 4.74 Å². The van der Waals surface area contributed by atoms with Crippen LogP contribution < -0.4 is 0 Å². The summed E-state index contributed by atoms with van der Waals surface area (Å²) in [7, 11) is 0. The van der Waals surface area contributed by atoms with E-state index in [0.29, 0.717) is 12.4 Å². The van der Waals surface area contributed by atoms with Gasteiger partial charge in [-0.25, -0.2) is 4.98 Å². The highest BCUT2D eigenvalue weighted by Crippen LogP contribution is 2.11. The van der Waals surface area contributed by atoms with Gasteiger partial charge >= 0.3 is 0 Å². The Labute approximate surface area is 81.7 Å². The van der Waals surface area contributed by atoms with Gasteiger partial charge in [-0.1, -0.05) is 6.07 Å². The molecule has 0 aliphatic carbocycles. The predicted octanol–water partition coefficient (Wildman–Crippen LogP) is 2.59. The summed E-state index contributed by atoms with van der Waals surface area (Å²) in [6.07, 6.45) is 6.90. The highest BCUT2D eigenvalue weighted by Gasteiger charge is 1.94. The van der Waals surface area contributed by atoms with Crippen molar-refractivity contribution in [1.29, 1.82) is 0 Å². The summed E-state index contributed by atoms with van der Waals surface area (Å²) in [6.45, 7) is 0.549. The van der Waals surface area contributed by atoms with Crippen molar-refractivity contribution in [1.82, 2.24) is 4.98 Å². The minimum absolute atomic E-state index is 0.549. The van der Waals surface area contributed by atoms with Gasteiger partial charge in [0, 0.05) is 6.20 Å². The quantitative estimate of drug-likeness (QED) is 0.668. The molecule has 4 heteroatoms. The molecule has 0 unspecified atom stereocenters. The maximum absolute atomic E-state index is 4.98. The van der Waals surface area contributed by atoms with Crippen LogP contribution in [0.25, 0.3) is 0 Å². The van der Waals surface area contributed by atoms with Crippen LogP contribution in [0.4, 0.5) is 5.82 Å². The van der Waals surface area contributed by atoms with E-state index in [2.05, 4.69) is 15.2 Å². The van der Waals surface area contributed by atoms with E-state index in [1.54, 1.807) is 24.6 Å². The minimum Gasteiger partial charge on any atom is -0.497 e.